The van der Waals surface area contributed by atoms with E-state index in [0.717, 1.165) is 0 Å². The summed E-state index contributed by atoms with van der Waals surface area (Å²) in [5, 5.41) is 9.61. The molecular formula is C18H25FN2O4. The van der Waals surface area contributed by atoms with Gasteiger partial charge in [0.05, 0.1) is 11.7 Å². The Morgan fingerprint density at radius 2 is 1.72 bits per heavy atom. The third-order valence-electron chi connectivity index (χ3n) is 3.92. The van der Waals surface area contributed by atoms with Crippen LogP contribution < -0.4 is 0 Å². The van der Waals surface area contributed by atoms with Crippen LogP contribution in [0, 0.1) is 5.82 Å². The highest BCUT2D eigenvalue weighted by Gasteiger charge is 2.29. The van der Waals surface area contributed by atoms with Gasteiger partial charge in [-0.1, -0.05) is 6.07 Å². The molecule has 1 saturated heterocycles. The SMILES string of the molecule is C[C@@H](O)c1ccc(F)c(C(=O)N2CCN(C(=O)OC(C)(C)C)CC2)c1. The van der Waals surface area contributed by atoms with Crippen LogP contribution in [0.25, 0.3) is 0 Å². The van der Waals surface area contributed by atoms with Crippen LogP contribution in [0.3, 0.4) is 0 Å². The first-order chi connectivity index (χ1) is 11.6. The summed E-state index contributed by atoms with van der Waals surface area (Å²) in [5.74, 6) is -1.06. The predicted octanol–water partition coefficient (Wildman–Crippen LogP) is 2.57. The minimum Gasteiger partial charge on any atom is -0.444 e. The molecule has 1 aromatic carbocycles. The molecule has 0 bridgehead atoms. The Bertz CT molecular complexity index is 647. The molecule has 7 heteroatoms. The lowest BCUT2D eigenvalue weighted by molar-refractivity contribution is 0.0140. The molecule has 0 aliphatic carbocycles. The molecule has 1 atom stereocenters. The van der Waals surface area contributed by atoms with E-state index in [2.05, 4.69) is 0 Å². The Morgan fingerprint density at radius 3 is 2.24 bits per heavy atom. The molecule has 1 fully saturated rings. The van der Waals surface area contributed by atoms with E-state index in [4.69, 9.17) is 4.74 Å². The van der Waals surface area contributed by atoms with Crippen molar-refractivity contribution in [2.24, 2.45) is 0 Å². The number of carbonyl (C=O) groups is 2. The smallest absolute Gasteiger partial charge is 0.410 e. The van der Waals surface area contributed by atoms with E-state index >= 15 is 0 Å². The van der Waals surface area contributed by atoms with Gasteiger partial charge in [-0.25, -0.2) is 9.18 Å². The molecule has 25 heavy (non-hydrogen) atoms. The van der Waals surface area contributed by atoms with E-state index in [9.17, 15) is 19.1 Å². The van der Waals surface area contributed by atoms with E-state index in [-0.39, 0.29) is 5.56 Å². The number of nitrogens with zero attached hydrogens (tertiary/aromatic N) is 2. The summed E-state index contributed by atoms with van der Waals surface area (Å²) in [6.07, 6.45) is -1.20. The molecule has 0 saturated carbocycles. The fourth-order valence-electron chi connectivity index (χ4n) is 2.56. The fourth-order valence-corrected chi connectivity index (χ4v) is 2.56. The van der Waals surface area contributed by atoms with Crippen molar-refractivity contribution in [2.45, 2.75) is 39.4 Å². The molecule has 1 aliphatic rings. The second-order valence-corrected chi connectivity index (χ2v) is 7.17. The monoisotopic (exact) mass is 352 g/mol. The minimum absolute atomic E-state index is 0.0656. The van der Waals surface area contributed by atoms with Gasteiger partial charge in [0.1, 0.15) is 11.4 Å². The van der Waals surface area contributed by atoms with Gasteiger partial charge >= 0.3 is 6.09 Å². The first-order valence-electron chi connectivity index (χ1n) is 8.33. The summed E-state index contributed by atoms with van der Waals surface area (Å²) < 4.78 is 19.3. The van der Waals surface area contributed by atoms with Crippen LogP contribution >= 0.6 is 0 Å². The van der Waals surface area contributed by atoms with Crippen LogP contribution in [0.4, 0.5) is 9.18 Å². The van der Waals surface area contributed by atoms with E-state index in [1.807, 2.05) is 0 Å². The van der Waals surface area contributed by atoms with Gasteiger partial charge < -0.3 is 19.6 Å². The number of aliphatic hydroxyl groups is 1. The van der Waals surface area contributed by atoms with Crippen molar-refractivity contribution in [1.29, 1.82) is 0 Å². The summed E-state index contributed by atoms with van der Waals surface area (Å²) >= 11 is 0. The first-order valence-corrected chi connectivity index (χ1v) is 8.33. The van der Waals surface area contributed by atoms with Gasteiger partial charge in [-0.3, -0.25) is 4.79 Å². The Kier molecular flexibility index (Phi) is 5.67. The van der Waals surface area contributed by atoms with Gasteiger partial charge in [-0.05, 0) is 45.4 Å². The number of hydrogen-bond donors (Lipinski definition) is 1. The van der Waals surface area contributed by atoms with Gasteiger partial charge in [0.15, 0.2) is 0 Å². The Hall–Kier alpha value is -2.15. The third kappa shape index (κ3) is 4.92. The van der Waals surface area contributed by atoms with Gasteiger partial charge in [0.25, 0.3) is 5.91 Å². The molecule has 1 heterocycles. The van der Waals surface area contributed by atoms with Crippen LogP contribution in [0.15, 0.2) is 18.2 Å². The number of amides is 2. The Morgan fingerprint density at radius 1 is 1.16 bits per heavy atom. The van der Waals surface area contributed by atoms with Crippen molar-refractivity contribution in [3.63, 3.8) is 0 Å². The van der Waals surface area contributed by atoms with E-state index < -0.39 is 29.5 Å². The lowest BCUT2D eigenvalue weighted by atomic mass is 10.1. The molecule has 2 amide bonds. The van der Waals surface area contributed by atoms with Gasteiger partial charge in [0, 0.05) is 26.2 Å². The topological polar surface area (TPSA) is 70.1 Å². The number of aliphatic hydroxyl groups excluding tert-OH is 1. The maximum atomic E-state index is 14.0. The lowest BCUT2D eigenvalue weighted by Gasteiger charge is -2.35. The quantitative estimate of drug-likeness (QED) is 0.888. The minimum atomic E-state index is -0.781. The summed E-state index contributed by atoms with van der Waals surface area (Å²) in [7, 11) is 0. The molecular weight excluding hydrogens is 327 g/mol. The number of benzene rings is 1. The zero-order valence-corrected chi connectivity index (χ0v) is 15.1. The number of carbonyl (C=O) groups excluding carboxylic acids is 2. The van der Waals surface area contributed by atoms with Crippen LogP contribution in [-0.2, 0) is 4.74 Å². The lowest BCUT2D eigenvalue weighted by Crippen LogP contribution is -2.51. The molecule has 2 rings (SSSR count). The first kappa shape index (κ1) is 19.2. The zero-order chi connectivity index (χ0) is 18.8. The van der Waals surface area contributed by atoms with Gasteiger partial charge in [-0.2, -0.15) is 0 Å². The molecule has 138 valence electrons. The van der Waals surface area contributed by atoms with Crippen molar-refractivity contribution in [1.82, 2.24) is 9.80 Å². The highest BCUT2D eigenvalue weighted by molar-refractivity contribution is 5.94. The van der Waals surface area contributed by atoms with E-state index in [1.54, 1.807) is 27.7 Å². The van der Waals surface area contributed by atoms with Crippen LogP contribution in [0.2, 0.25) is 0 Å². The van der Waals surface area contributed by atoms with Crippen molar-refractivity contribution in [3.8, 4) is 0 Å². The molecule has 0 spiro atoms. The summed E-state index contributed by atoms with van der Waals surface area (Å²) in [4.78, 5) is 27.7. The van der Waals surface area contributed by atoms with Gasteiger partial charge in [-0.15, -0.1) is 0 Å². The average Bonchev–Trinajstić information content (AvgIpc) is 2.53. The van der Waals surface area contributed by atoms with Crippen molar-refractivity contribution >= 4 is 12.0 Å². The third-order valence-corrected chi connectivity index (χ3v) is 3.92. The maximum absolute atomic E-state index is 14.0. The highest BCUT2D eigenvalue weighted by Crippen LogP contribution is 2.19. The second-order valence-electron chi connectivity index (χ2n) is 7.17. The molecule has 0 radical (unpaired) electrons. The van der Waals surface area contributed by atoms with E-state index in [0.29, 0.717) is 31.7 Å². The van der Waals surface area contributed by atoms with Crippen LogP contribution in [0.5, 0.6) is 0 Å². The summed E-state index contributed by atoms with van der Waals surface area (Å²) in [5.41, 5.74) is -0.157. The van der Waals surface area contributed by atoms with Crippen LogP contribution in [-0.4, -0.2) is 58.7 Å². The average molecular weight is 352 g/mol. The Labute approximate surface area is 147 Å². The summed E-state index contributed by atoms with van der Waals surface area (Å²) in [6, 6.07) is 4.02. The van der Waals surface area contributed by atoms with Crippen molar-refractivity contribution < 1.29 is 23.8 Å². The number of rotatable bonds is 2. The summed E-state index contributed by atoms with van der Waals surface area (Å²) in [6.45, 7) is 8.21. The fraction of sp³-hybridized carbons (Fsp3) is 0.556. The molecule has 0 unspecified atom stereocenters. The highest BCUT2D eigenvalue weighted by atomic mass is 19.1. The maximum Gasteiger partial charge on any atom is 0.410 e. The zero-order valence-electron chi connectivity index (χ0n) is 15.1. The van der Waals surface area contributed by atoms with Crippen LogP contribution in [0.1, 0.15) is 49.7 Å². The largest absolute Gasteiger partial charge is 0.444 e. The predicted molar refractivity (Wildman–Crippen MR) is 90.7 cm³/mol. The molecule has 0 aromatic heterocycles. The van der Waals surface area contributed by atoms with Crippen molar-refractivity contribution in [2.75, 3.05) is 26.2 Å². The Balaban J connectivity index is 2.02. The number of halogens is 1. The van der Waals surface area contributed by atoms with E-state index in [1.165, 1.54) is 28.0 Å². The molecule has 6 nitrogen and oxygen atoms in total. The number of hydrogen-bond acceptors (Lipinski definition) is 4. The number of ether oxygens (including phenoxy) is 1. The second kappa shape index (κ2) is 7.39. The van der Waals surface area contributed by atoms with Gasteiger partial charge in [0.2, 0.25) is 0 Å². The normalized spacial score (nSPS) is 16.6. The standard InChI is InChI=1S/C18H25FN2O4/c1-12(22)13-5-6-15(19)14(11-13)16(23)20-7-9-21(10-8-20)17(24)25-18(2,3)4/h5-6,11-12,22H,7-10H2,1-4H3/t12-/m1/s1. The molecule has 1 aromatic rings. The molecule has 1 N–H and O–H groups in total. The van der Waals surface area contributed by atoms with Crippen molar-refractivity contribution in [3.05, 3.63) is 35.1 Å². The molecule has 1 aliphatic heterocycles. The number of piperazine rings is 1.